The van der Waals surface area contributed by atoms with E-state index in [1.807, 2.05) is 0 Å². The zero-order valence-electron chi connectivity index (χ0n) is 19.2. The number of nitro benzene ring substituents is 1. The smallest absolute Gasteiger partial charge is 0.269 e. The maximum Gasteiger partial charge on any atom is 0.269 e. The van der Waals surface area contributed by atoms with Crippen LogP contribution in [-0.4, -0.2) is 34.9 Å². The topological polar surface area (TPSA) is 87.8 Å². The number of carbonyl (C=O) groups is 1. The normalized spacial score (nSPS) is 17.3. The number of nitro groups is 1. The number of anilines is 1. The lowest BCUT2D eigenvalue weighted by Crippen LogP contribution is -2.48. The van der Waals surface area contributed by atoms with Crippen molar-refractivity contribution < 1.29 is 9.72 Å². The first-order chi connectivity index (χ1) is 15.1. The number of aryl methyl sites for hydroxylation is 1. The van der Waals surface area contributed by atoms with E-state index in [4.69, 9.17) is 0 Å². The molecule has 0 spiro atoms. The summed E-state index contributed by atoms with van der Waals surface area (Å²) < 4.78 is 0. The van der Waals surface area contributed by atoms with Crippen molar-refractivity contribution in [2.45, 2.75) is 57.4 Å². The van der Waals surface area contributed by atoms with Crippen molar-refractivity contribution in [3.63, 3.8) is 0 Å². The van der Waals surface area contributed by atoms with Crippen molar-refractivity contribution in [1.82, 2.24) is 5.43 Å². The minimum atomic E-state index is -0.444. The van der Waals surface area contributed by atoms with Crippen molar-refractivity contribution in [2.75, 3.05) is 17.2 Å². The average molecular weight is 455 g/mol. The number of nitrogens with zero attached hydrogens (tertiary/aromatic N) is 3. The van der Waals surface area contributed by atoms with Crippen LogP contribution in [0, 0.1) is 17.0 Å². The Morgan fingerprint density at radius 2 is 2.03 bits per heavy atom. The van der Waals surface area contributed by atoms with Gasteiger partial charge in [0, 0.05) is 34.8 Å². The van der Waals surface area contributed by atoms with Gasteiger partial charge in [0.1, 0.15) is 0 Å². The molecular weight excluding hydrogens is 424 g/mol. The van der Waals surface area contributed by atoms with Crippen molar-refractivity contribution in [3.8, 4) is 0 Å². The van der Waals surface area contributed by atoms with E-state index >= 15 is 0 Å². The molecule has 1 amide bonds. The number of amides is 1. The van der Waals surface area contributed by atoms with Gasteiger partial charge in [-0.1, -0.05) is 6.92 Å². The third-order valence-electron chi connectivity index (χ3n) is 5.90. The van der Waals surface area contributed by atoms with Crippen molar-refractivity contribution in [1.29, 1.82) is 0 Å². The maximum atomic E-state index is 12.1. The number of non-ortho nitro benzene ring substituents is 1. The summed E-state index contributed by atoms with van der Waals surface area (Å²) >= 11 is 1.31. The van der Waals surface area contributed by atoms with E-state index in [1.165, 1.54) is 35.1 Å². The minimum absolute atomic E-state index is 0.0313. The van der Waals surface area contributed by atoms with Crippen LogP contribution in [0.1, 0.15) is 56.7 Å². The Morgan fingerprint density at radius 3 is 2.66 bits per heavy atom. The second kappa shape index (κ2) is 9.73. The highest BCUT2D eigenvalue weighted by atomic mass is 32.2. The molecule has 3 rings (SSSR count). The molecule has 1 atom stereocenters. The monoisotopic (exact) mass is 454 g/mol. The molecule has 2 aromatic rings. The van der Waals surface area contributed by atoms with Crippen molar-refractivity contribution in [2.24, 2.45) is 5.10 Å². The number of hydrogen-bond acceptors (Lipinski definition) is 6. The van der Waals surface area contributed by atoms with Crippen LogP contribution in [-0.2, 0) is 4.79 Å². The molecule has 0 radical (unpaired) electrons. The number of hydrazone groups is 1. The van der Waals surface area contributed by atoms with Crippen LogP contribution in [0.4, 0.5) is 11.4 Å². The third-order valence-corrected chi connectivity index (χ3v) is 6.91. The largest absolute Gasteiger partial charge is 0.366 e. The van der Waals surface area contributed by atoms with Crippen molar-refractivity contribution in [3.05, 3.63) is 63.2 Å². The van der Waals surface area contributed by atoms with Gasteiger partial charge in [-0.05, 0) is 81.0 Å². The van der Waals surface area contributed by atoms with Gasteiger partial charge >= 0.3 is 0 Å². The minimum Gasteiger partial charge on any atom is -0.366 e. The Kier molecular flexibility index (Phi) is 7.23. The SMILES string of the molecule is CCN1c2cc(C)c(/C=N/NC(=O)CSc3ccc([N+](=O)[O-])cc3)cc2C(C)CC1(C)C. The number of benzene rings is 2. The maximum absolute atomic E-state index is 12.1. The summed E-state index contributed by atoms with van der Waals surface area (Å²) in [7, 11) is 0. The molecule has 170 valence electrons. The Bertz CT molecular complexity index is 1030. The Balaban J connectivity index is 1.63. The van der Waals surface area contributed by atoms with E-state index in [9.17, 15) is 14.9 Å². The van der Waals surface area contributed by atoms with Gasteiger partial charge < -0.3 is 4.90 Å². The van der Waals surface area contributed by atoms with Crippen LogP contribution in [0.15, 0.2) is 46.4 Å². The third kappa shape index (κ3) is 5.30. The van der Waals surface area contributed by atoms with Gasteiger partial charge in [0.15, 0.2) is 0 Å². The van der Waals surface area contributed by atoms with E-state index in [-0.39, 0.29) is 22.9 Å². The molecule has 32 heavy (non-hydrogen) atoms. The van der Waals surface area contributed by atoms with Crippen LogP contribution in [0.2, 0.25) is 0 Å². The number of carbonyl (C=O) groups excluding carboxylic acids is 1. The fourth-order valence-corrected chi connectivity index (χ4v) is 5.10. The highest BCUT2D eigenvalue weighted by molar-refractivity contribution is 8.00. The van der Waals surface area contributed by atoms with Gasteiger partial charge in [-0.15, -0.1) is 11.8 Å². The zero-order chi connectivity index (χ0) is 23.5. The number of rotatable bonds is 7. The number of hydrogen-bond donors (Lipinski definition) is 1. The highest BCUT2D eigenvalue weighted by Crippen LogP contribution is 2.44. The molecule has 0 aliphatic carbocycles. The fraction of sp³-hybridized carbons (Fsp3) is 0.417. The van der Waals surface area contributed by atoms with Crippen molar-refractivity contribution >= 4 is 35.3 Å². The quantitative estimate of drug-likeness (QED) is 0.267. The molecule has 8 heteroatoms. The lowest BCUT2D eigenvalue weighted by molar-refractivity contribution is -0.384. The molecule has 7 nitrogen and oxygen atoms in total. The van der Waals surface area contributed by atoms with Crippen LogP contribution in [0.3, 0.4) is 0 Å². The second-order valence-corrected chi connectivity index (χ2v) is 9.81. The van der Waals surface area contributed by atoms with Gasteiger partial charge in [-0.3, -0.25) is 14.9 Å². The lowest BCUT2D eigenvalue weighted by Gasteiger charge is -2.47. The van der Waals surface area contributed by atoms with Crippen LogP contribution in [0.25, 0.3) is 0 Å². The summed E-state index contributed by atoms with van der Waals surface area (Å²) in [5, 5.41) is 14.9. The molecule has 1 aliphatic heterocycles. The molecule has 0 bridgehead atoms. The number of nitrogens with one attached hydrogen (secondary N) is 1. The van der Waals surface area contributed by atoms with Crippen LogP contribution >= 0.6 is 11.8 Å². The van der Waals surface area contributed by atoms with E-state index in [0.29, 0.717) is 5.92 Å². The molecular formula is C24H30N4O3S. The Hall–Kier alpha value is -2.87. The van der Waals surface area contributed by atoms with E-state index in [1.54, 1.807) is 18.3 Å². The average Bonchev–Trinajstić information content (AvgIpc) is 2.73. The molecule has 0 fully saturated rings. The standard InChI is InChI=1S/C24H30N4O3S/c1-6-27-22-11-16(2)18(12-21(22)17(3)13-24(27,4)5)14-25-26-23(29)15-32-20-9-7-19(8-10-20)28(30)31/h7-12,14,17H,6,13,15H2,1-5H3,(H,26,29)/b25-14+. The molecule has 1 N–H and O–H groups in total. The second-order valence-electron chi connectivity index (χ2n) is 8.76. The summed E-state index contributed by atoms with van der Waals surface area (Å²) in [5.41, 5.74) is 7.44. The van der Waals surface area contributed by atoms with E-state index < -0.39 is 4.92 Å². The van der Waals surface area contributed by atoms with Crippen LogP contribution < -0.4 is 10.3 Å². The number of thioether (sulfide) groups is 1. The first-order valence-corrected chi connectivity index (χ1v) is 11.7. The number of fused-ring (bicyclic) bond motifs is 1. The summed E-state index contributed by atoms with van der Waals surface area (Å²) in [6.07, 6.45) is 2.79. The van der Waals surface area contributed by atoms with Gasteiger partial charge in [-0.2, -0.15) is 5.10 Å². The van der Waals surface area contributed by atoms with Gasteiger partial charge in [0.25, 0.3) is 5.69 Å². The predicted octanol–water partition coefficient (Wildman–Crippen LogP) is 5.26. The predicted molar refractivity (Wildman–Crippen MR) is 131 cm³/mol. The zero-order valence-corrected chi connectivity index (χ0v) is 20.0. The molecule has 2 aromatic carbocycles. The Morgan fingerprint density at radius 1 is 1.34 bits per heavy atom. The molecule has 0 aromatic heterocycles. The molecule has 1 heterocycles. The first-order valence-electron chi connectivity index (χ1n) is 10.7. The van der Waals surface area contributed by atoms with Gasteiger partial charge in [0.2, 0.25) is 5.91 Å². The summed E-state index contributed by atoms with van der Waals surface area (Å²) in [5.74, 6) is 0.395. The van der Waals surface area contributed by atoms with Gasteiger partial charge in [-0.25, -0.2) is 5.43 Å². The van der Waals surface area contributed by atoms with Crippen LogP contribution in [0.5, 0.6) is 0 Å². The lowest BCUT2D eigenvalue weighted by atomic mass is 9.79. The molecule has 1 aliphatic rings. The van der Waals surface area contributed by atoms with Gasteiger partial charge in [0.05, 0.1) is 16.9 Å². The van der Waals surface area contributed by atoms with E-state index in [0.717, 1.165) is 29.0 Å². The molecule has 0 saturated heterocycles. The first kappa shape index (κ1) is 23.8. The molecule has 1 unspecified atom stereocenters. The highest BCUT2D eigenvalue weighted by Gasteiger charge is 2.35. The summed E-state index contributed by atoms with van der Waals surface area (Å²) in [4.78, 5) is 25.7. The summed E-state index contributed by atoms with van der Waals surface area (Å²) in [6.45, 7) is 12.1. The molecule has 0 saturated carbocycles. The van der Waals surface area contributed by atoms with E-state index in [2.05, 4.69) is 62.2 Å². The summed E-state index contributed by atoms with van der Waals surface area (Å²) in [6, 6.07) is 10.5. The fourth-order valence-electron chi connectivity index (χ4n) is 4.41. The Labute approximate surface area is 193 Å².